The normalized spacial score (nSPS) is 12.5. The van der Waals surface area contributed by atoms with Gasteiger partial charge in [0.15, 0.2) is 0 Å². The predicted octanol–water partition coefficient (Wildman–Crippen LogP) is 3.11. The lowest BCUT2D eigenvalue weighted by atomic mass is 9.93. The Morgan fingerprint density at radius 1 is 1.26 bits per heavy atom. The first-order valence-corrected chi connectivity index (χ1v) is 6.35. The summed E-state index contributed by atoms with van der Waals surface area (Å²) in [6.45, 7) is 7.71. The summed E-state index contributed by atoms with van der Waals surface area (Å²) in [6, 6.07) is 3.98. The molecule has 0 radical (unpaired) electrons. The van der Waals surface area contributed by atoms with Gasteiger partial charge in [-0.15, -0.1) is 0 Å². The van der Waals surface area contributed by atoms with E-state index in [-0.39, 0.29) is 18.6 Å². The smallest absolute Gasteiger partial charge is 0.329 e. The maximum Gasteiger partial charge on any atom is 0.329 e. The monoisotopic (exact) mass is 266 g/mol. The zero-order chi connectivity index (χ0) is 14.6. The van der Waals surface area contributed by atoms with Gasteiger partial charge in [0, 0.05) is 0 Å². The van der Waals surface area contributed by atoms with Crippen molar-refractivity contribution in [2.24, 2.45) is 5.92 Å². The summed E-state index contributed by atoms with van der Waals surface area (Å²) in [4.78, 5) is 10.7. The molecule has 4 heteroatoms. The lowest BCUT2D eigenvalue weighted by Gasteiger charge is -2.24. The third-order valence-corrected chi connectivity index (χ3v) is 3.08. The van der Waals surface area contributed by atoms with Gasteiger partial charge < -0.3 is 14.6 Å². The van der Waals surface area contributed by atoms with Gasteiger partial charge >= 0.3 is 5.97 Å². The molecule has 1 aromatic rings. The van der Waals surface area contributed by atoms with Gasteiger partial charge in [-0.25, -0.2) is 4.79 Å². The summed E-state index contributed by atoms with van der Waals surface area (Å²) in [6.07, 6.45) is -0.222. The first-order valence-electron chi connectivity index (χ1n) is 6.35. The van der Waals surface area contributed by atoms with Crippen LogP contribution in [0.5, 0.6) is 5.75 Å². The molecule has 106 valence electrons. The molecule has 4 nitrogen and oxygen atoms in total. The van der Waals surface area contributed by atoms with Crippen molar-refractivity contribution in [2.45, 2.75) is 33.8 Å². The van der Waals surface area contributed by atoms with Crippen LogP contribution in [0.4, 0.5) is 0 Å². The Labute approximate surface area is 114 Å². The molecule has 0 aliphatic rings. The Hall–Kier alpha value is -1.55. The van der Waals surface area contributed by atoms with E-state index in [0.29, 0.717) is 0 Å². The van der Waals surface area contributed by atoms with E-state index in [4.69, 9.17) is 14.6 Å². The average Bonchev–Trinajstić information content (AvgIpc) is 2.32. The quantitative estimate of drug-likeness (QED) is 0.859. The number of carbonyl (C=O) groups is 1. The van der Waals surface area contributed by atoms with Crippen LogP contribution < -0.4 is 4.74 Å². The minimum atomic E-state index is -0.950. The molecule has 0 bridgehead atoms. The van der Waals surface area contributed by atoms with Crippen molar-refractivity contribution in [3.63, 3.8) is 0 Å². The second kappa shape index (κ2) is 6.57. The fourth-order valence-electron chi connectivity index (χ4n) is 2.14. The SMILES string of the molecule is COc1cc(C)c(C(OCC(=O)O)C(C)C)cc1C. The molecule has 0 fully saturated rings. The predicted molar refractivity (Wildman–Crippen MR) is 73.6 cm³/mol. The highest BCUT2D eigenvalue weighted by Gasteiger charge is 2.21. The van der Waals surface area contributed by atoms with Gasteiger partial charge in [-0.3, -0.25) is 0 Å². The summed E-state index contributed by atoms with van der Waals surface area (Å²) in [7, 11) is 1.64. The standard InChI is InChI=1S/C15H22O4/c1-9(2)15(19-8-14(16)17)12-6-11(4)13(18-5)7-10(12)3/h6-7,9,15H,8H2,1-5H3,(H,16,17). The van der Waals surface area contributed by atoms with Gasteiger partial charge in [0.1, 0.15) is 12.4 Å². The summed E-state index contributed by atoms with van der Waals surface area (Å²) < 4.78 is 10.8. The minimum absolute atomic E-state index is 0.200. The molecule has 1 unspecified atom stereocenters. The number of rotatable bonds is 6. The molecule has 0 amide bonds. The van der Waals surface area contributed by atoms with Gasteiger partial charge in [-0.2, -0.15) is 0 Å². The van der Waals surface area contributed by atoms with Gasteiger partial charge in [-0.05, 0) is 48.6 Å². The molecule has 0 spiro atoms. The molecule has 19 heavy (non-hydrogen) atoms. The molecule has 0 heterocycles. The van der Waals surface area contributed by atoms with Crippen LogP contribution in [0.3, 0.4) is 0 Å². The Kier molecular flexibility index (Phi) is 5.36. The van der Waals surface area contributed by atoms with Gasteiger partial charge in [-0.1, -0.05) is 13.8 Å². The number of ether oxygens (including phenoxy) is 2. The molecule has 1 N–H and O–H groups in total. The number of aryl methyl sites for hydroxylation is 2. The Morgan fingerprint density at radius 2 is 1.89 bits per heavy atom. The highest BCUT2D eigenvalue weighted by atomic mass is 16.5. The number of hydrogen-bond acceptors (Lipinski definition) is 3. The van der Waals surface area contributed by atoms with Crippen LogP contribution >= 0.6 is 0 Å². The maximum absolute atomic E-state index is 10.7. The summed E-state index contributed by atoms with van der Waals surface area (Å²) in [5, 5.41) is 8.75. The number of carboxylic acid groups (broad SMARTS) is 1. The minimum Gasteiger partial charge on any atom is -0.496 e. The van der Waals surface area contributed by atoms with Crippen LogP contribution in [0.2, 0.25) is 0 Å². The van der Waals surface area contributed by atoms with E-state index in [1.165, 1.54) is 0 Å². The number of benzene rings is 1. The molecule has 1 atom stereocenters. The first-order chi connectivity index (χ1) is 8.86. The van der Waals surface area contributed by atoms with Gasteiger partial charge in [0.2, 0.25) is 0 Å². The number of carboxylic acids is 1. The lowest BCUT2D eigenvalue weighted by molar-refractivity contribution is -0.145. The Bertz CT molecular complexity index is 452. The van der Waals surface area contributed by atoms with E-state index in [1.54, 1.807) is 7.11 Å². The van der Waals surface area contributed by atoms with Gasteiger partial charge in [0.05, 0.1) is 13.2 Å². The van der Waals surface area contributed by atoms with Crippen LogP contribution in [0.15, 0.2) is 12.1 Å². The van der Waals surface area contributed by atoms with Crippen molar-refractivity contribution in [1.29, 1.82) is 0 Å². The molecule has 0 aliphatic heterocycles. The number of hydrogen-bond donors (Lipinski definition) is 1. The van der Waals surface area contributed by atoms with E-state index < -0.39 is 5.97 Å². The van der Waals surface area contributed by atoms with Crippen LogP contribution in [0.25, 0.3) is 0 Å². The highest BCUT2D eigenvalue weighted by Crippen LogP contribution is 2.32. The molecular formula is C15H22O4. The second-order valence-electron chi connectivity index (χ2n) is 5.05. The van der Waals surface area contributed by atoms with Crippen molar-refractivity contribution >= 4 is 5.97 Å². The van der Waals surface area contributed by atoms with E-state index in [2.05, 4.69) is 0 Å². The zero-order valence-electron chi connectivity index (χ0n) is 12.2. The van der Waals surface area contributed by atoms with E-state index >= 15 is 0 Å². The van der Waals surface area contributed by atoms with Crippen LogP contribution in [0.1, 0.15) is 36.6 Å². The second-order valence-corrected chi connectivity index (χ2v) is 5.05. The van der Waals surface area contributed by atoms with Gasteiger partial charge in [0.25, 0.3) is 0 Å². The average molecular weight is 266 g/mol. The van der Waals surface area contributed by atoms with E-state index in [0.717, 1.165) is 22.4 Å². The lowest BCUT2D eigenvalue weighted by Crippen LogP contribution is -2.17. The van der Waals surface area contributed by atoms with Crippen LogP contribution in [-0.4, -0.2) is 24.8 Å². The van der Waals surface area contributed by atoms with Crippen molar-refractivity contribution < 1.29 is 19.4 Å². The van der Waals surface area contributed by atoms with Crippen molar-refractivity contribution in [3.05, 3.63) is 28.8 Å². The zero-order valence-corrected chi connectivity index (χ0v) is 12.2. The number of methoxy groups -OCH3 is 1. The molecule has 0 saturated heterocycles. The van der Waals surface area contributed by atoms with E-state index in [9.17, 15) is 4.79 Å². The summed E-state index contributed by atoms with van der Waals surface area (Å²) in [5.74, 6) is 0.0846. The molecule has 0 aliphatic carbocycles. The third kappa shape index (κ3) is 3.96. The Morgan fingerprint density at radius 3 is 2.37 bits per heavy atom. The molecule has 1 rings (SSSR count). The fourth-order valence-corrected chi connectivity index (χ4v) is 2.14. The maximum atomic E-state index is 10.7. The number of aliphatic carboxylic acids is 1. The largest absolute Gasteiger partial charge is 0.496 e. The van der Waals surface area contributed by atoms with Crippen LogP contribution in [-0.2, 0) is 9.53 Å². The first kappa shape index (κ1) is 15.5. The van der Waals surface area contributed by atoms with Crippen molar-refractivity contribution in [3.8, 4) is 5.75 Å². The molecule has 1 aromatic carbocycles. The molecular weight excluding hydrogens is 244 g/mol. The van der Waals surface area contributed by atoms with Crippen molar-refractivity contribution in [1.82, 2.24) is 0 Å². The summed E-state index contributed by atoms with van der Waals surface area (Å²) in [5.41, 5.74) is 3.09. The third-order valence-electron chi connectivity index (χ3n) is 3.08. The van der Waals surface area contributed by atoms with Crippen molar-refractivity contribution in [2.75, 3.05) is 13.7 Å². The highest BCUT2D eigenvalue weighted by molar-refractivity contribution is 5.68. The Balaban J connectivity index is 3.08. The molecule has 0 saturated carbocycles. The summed E-state index contributed by atoms with van der Waals surface area (Å²) >= 11 is 0. The van der Waals surface area contributed by atoms with Crippen LogP contribution in [0, 0.1) is 19.8 Å². The molecule has 0 aromatic heterocycles. The van der Waals surface area contributed by atoms with E-state index in [1.807, 2.05) is 39.8 Å². The topological polar surface area (TPSA) is 55.8 Å². The fraction of sp³-hybridized carbons (Fsp3) is 0.533.